The second kappa shape index (κ2) is 8.65. The van der Waals surface area contributed by atoms with E-state index in [4.69, 9.17) is 0 Å². The summed E-state index contributed by atoms with van der Waals surface area (Å²) in [4.78, 5) is 38.1. The number of anilines is 1. The molecule has 0 radical (unpaired) electrons. The maximum absolute atomic E-state index is 12.7. The van der Waals surface area contributed by atoms with Crippen LogP contribution in [0.5, 0.6) is 0 Å². The monoisotopic (exact) mass is 345 g/mol. The second-order valence-corrected chi connectivity index (χ2v) is 6.88. The van der Waals surface area contributed by atoms with E-state index in [1.807, 2.05) is 44.2 Å². The molecule has 1 heterocycles. The maximum atomic E-state index is 12.7. The Morgan fingerprint density at radius 1 is 1.08 bits per heavy atom. The highest BCUT2D eigenvalue weighted by atomic mass is 16.2. The summed E-state index contributed by atoms with van der Waals surface area (Å²) in [6.07, 6.45) is 1.27. The van der Waals surface area contributed by atoms with Gasteiger partial charge in [0.05, 0.1) is 0 Å². The summed E-state index contributed by atoms with van der Waals surface area (Å²) in [7, 11) is 0. The van der Waals surface area contributed by atoms with Crippen molar-refractivity contribution in [3.8, 4) is 0 Å². The van der Waals surface area contributed by atoms with Crippen molar-refractivity contribution >= 4 is 23.4 Å². The third-order valence-corrected chi connectivity index (χ3v) is 4.51. The van der Waals surface area contributed by atoms with Crippen LogP contribution in [0.3, 0.4) is 0 Å². The molecule has 3 amide bonds. The van der Waals surface area contributed by atoms with Crippen molar-refractivity contribution in [3.05, 3.63) is 30.3 Å². The van der Waals surface area contributed by atoms with Gasteiger partial charge >= 0.3 is 0 Å². The Hall–Kier alpha value is -2.37. The van der Waals surface area contributed by atoms with Gasteiger partial charge in [0, 0.05) is 31.6 Å². The van der Waals surface area contributed by atoms with Crippen LogP contribution in [-0.4, -0.2) is 41.8 Å². The fourth-order valence-electron chi connectivity index (χ4n) is 3.06. The summed E-state index contributed by atoms with van der Waals surface area (Å²) in [6, 6.07) is 8.87. The number of nitrogens with one attached hydrogen (secondary N) is 2. The molecule has 0 spiro atoms. The van der Waals surface area contributed by atoms with E-state index in [2.05, 4.69) is 10.6 Å². The van der Waals surface area contributed by atoms with Crippen molar-refractivity contribution in [2.45, 2.75) is 39.7 Å². The largest absolute Gasteiger partial charge is 0.344 e. The van der Waals surface area contributed by atoms with Crippen LogP contribution in [0.1, 0.15) is 33.6 Å². The number of hydrogen-bond acceptors (Lipinski definition) is 3. The van der Waals surface area contributed by atoms with Crippen LogP contribution in [0.25, 0.3) is 0 Å². The molecular weight excluding hydrogens is 318 g/mol. The van der Waals surface area contributed by atoms with E-state index in [0.29, 0.717) is 25.9 Å². The van der Waals surface area contributed by atoms with Crippen LogP contribution in [0.4, 0.5) is 5.69 Å². The third-order valence-electron chi connectivity index (χ3n) is 4.51. The lowest BCUT2D eigenvalue weighted by molar-refractivity contribution is -0.139. The first kappa shape index (κ1) is 19.0. The van der Waals surface area contributed by atoms with Gasteiger partial charge in [-0.3, -0.25) is 14.4 Å². The molecular formula is C19H27N3O3. The van der Waals surface area contributed by atoms with Crippen molar-refractivity contribution in [2.24, 2.45) is 11.8 Å². The summed E-state index contributed by atoms with van der Waals surface area (Å²) in [5, 5.41) is 5.66. The molecule has 6 nitrogen and oxygen atoms in total. The van der Waals surface area contributed by atoms with Gasteiger partial charge in [-0.1, -0.05) is 32.0 Å². The number of amides is 3. The van der Waals surface area contributed by atoms with E-state index in [1.54, 1.807) is 4.90 Å². The van der Waals surface area contributed by atoms with Crippen LogP contribution in [-0.2, 0) is 14.4 Å². The first-order chi connectivity index (χ1) is 11.9. The lowest BCUT2D eigenvalue weighted by Gasteiger charge is -2.34. The molecule has 0 saturated carbocycles. The van der Waals surface area contributed by atoms with Crippen LogP contribution >= 0.6 is 0 Å². The van der Waals surface area contributed by atoms with Crippen molar-refractivity contribution in [1.29, 1.82) is 0 Å². The highest BCUT2D eigenvalue weighted by molar-refractivity contribution is 5.93. The Kier molecular flexibility index (Phi) is 6.56. The lowest BCUT2D eigenvalue weighted by atomic mass is 9.94. The van der Waals surface area contributed by atoms with Gasteiger partial charge in [-0.15, -0.1) is 0 Å². The normalized spacial score (nSPS) is 16.4. The quantitative estimate of drug-likeness (QED) is 0.857. The summed E-state index contributed by atoms with van der Waals surface area (Å²) in [5.74, 6) is -0.338. The molecule has 1 atom stereocenters. The second-order valence-electron chi connectivity index (χ2n) is 6.88. The highest BCUT2D eigenvalue weighted by Crippen LogP contribution is 2.21. The molecule has 1 aliphatic heterocycles. The number of carbonyl (C=O) groups excluding carboxylic acids is 3. The van der Waals surface area contributed by atoms with E-state index in [1.165, 1.54) is 6.92 Å². The minimum absolute atomic E-state index is 0.000527. The highest BCUT2D eigenvalue weighted by Gasteiger charge is 2.32. The maximum Gasteiger partial charge on any atom is 0.245 e. The first-order valence-corrected chi connectivity index (χ1v) is 8.80. The Morgan fingerprint density at radius 2 is 1.68 bits per heavy atom. The minimum Gasteiger partial charge on any atom is -0.344 e. The number of likely N-dealkylation sites (tertiary alicyclic amines) is 1. The predicted octanol–water partition coefficient (Wildman–Crippen LogP) is 2.02. The number of nitrogens with zero attached hydrogens (tertiary/aromatic N) is 1. The smallest absolute Gasteiger partial charge is 0.245 e. The molecule has 25 heavy (non-hydrogen) atoms. The molecule has 0 bridgehead atoms. The number of rotatable bonds is 5. The Bertz CT molecular complexity index is 608. The van der Waals surface area contributed by atoms with Crippen molar-refractivity contribution in [2.75, 3.05) is 18.4 Å². The van der Waals surface area contributed by atoms with Gasteiger partial charge in [0.25, 0.3) is 0 Å². The molecule has 6 heteroatoms. The number of benzene rings is 1. The third kappa shape index (κ3) is 5.31. The van der Waals surface area contributed by atoms with E-state index >= 15 is 0 Å². The zero-order valence-electron chi connectivity index (χ0n) is 15.1. The van der Waals surface area contributed by atoms with Crippen LogP contribution in [0, 0.1) is 11.8 Å². The van der Waals surface area contributed by atoms with Gasteiger partial charge in [-0.25, -0.2) is 0 Å². The van der Waals surface area contributed by atoms with Gasteiger partial charge in [0.15, 0.2) is 0 Å². The van der Waals surface area contributed by atoms with Crippen molar-refractivity contribution in [1.82, 2.24) is 10.2 Å². The molecule has 1 aromatic rings. The molecule has 1 aliphatic rings. The lowest BCUT2D eigenvalue weighted by Crippen LogP contribution is -2.53. The van der Waals surface area contributed by atoms with Crippen molar-refractivity contribution in [3.63, 3.8) is 0 Å². The standard InChI is InChI=1S/C19H27N3O3/c1-13(2)17(20-14(3)23)19(25)22-11-9-15(10-12-22)18(24)21-16-7-5-4-6-8-16/h4-8,13,15,17H,9-12H2,1-3H3,(H,20,23)(H,21,24). The molecule has 2 N–H and O–H groups in total. The number of para-hydroxylation sites is 1. The van der Waals surface area contributed by atoms with Gasteiger partial charge in [-0.2, -0.15) is 0 Å². The average Bonchev–Trinajstić information content (AvgIpc) is 2.59. The van der Waals surface area contributed by atoms with E-state index in [9.17, 15) is 14.4 Å². The molecule has 2 rings (SSSR count). The van der Waals surface area contributed by atoms with Crippen molar-refractivity contribution < 1.29 is 14.4 Å². The fourth-order valence-corrected chi connectivity index (χ4v) is 3.06. The van der Waals surface area contributed by atoms with Gasteiger partial charge in [-0.05, 0) is 30.9 Å². The van der Waals surface area contributed by atoms with E-state index < -0.39 is 6.04 Å². The molecule has 1 unspecified atom stereocenters. The SMILES string of the molecule is CC(=O)NC(C(=O)N1CCC(C(=O)Nc2ccccc2)CC1)C(C)C. The van der Waals surface area contributed by atoms with Crippen LogP contribution < -0.4 is 10.6 Å². The number of piperidine rings is 1. The molecule has 0 aliphatic carbocycles. The van der Waals surface area contributed by atoms with Gasteiger partial charge in [0.1, 0.15) is 6.04 Å². The minimum atomic E-state index is -0.507. The molecule has 1 saturated heterocycles. The fraction of sp³-hybridized carbons (Fsp3) is 0.526. The molecule has 1 aromatic carbocycles. The Balaban J connectivity index is 1.88. The van der Waals surface area contributed by atoms with Crippen LogP contribution in [0.2, 0.25) is 0 Å². The summed E-state index contributed by atoms with van der Waals surface area (Å²) in [5.41, 5.74) is 0.788. The van der Waals surface area contributed by atoms with E-state index in [0.717, 1.165) is 5.69 Å². The summed E-state index contributed by atoms with van der Waals surface area (Å²) < 4.78 is 0. The number of hydrogen-bond donors (Lipinski definition) is 2. The molecule has 136 valence electrons. The topological polar surface area (TPSA) is 78.5 Å². The zero-order chi connectivity index (χ0) is 18.4. The van der Waals surface area contributed by atoms with Crippen LogP contribution in [0.15, 0.2) is 30.3 Å². The van der Waals surface area contributed by atoms with Gasteiger partial charge in [0.2, 0.25) is 17.7 Å². The van der Waals surface area contributed by atoms with Gasteiger partial charge < -0.3 is 15.5 Å². The average molecular weight is 345 g/mol. The Morgan fingerprint density at radius 3 is 2.20 bits per heavy atom. The molecule has 0 aromatic heterocycles. The predicted molar refractivity (Wildman–Crippen MR) is 96.8 cm³/mol. The first-order valence-electron chi connectivity index (χ1n) is 8.80. The molecule has 1 fully saturated rings. The zero-order valence-corrected chi connectivity index (χ0v) is 15.1. The Labute approximate surface area is 149 Å². The summed E-state index contributed by atoms with van der Waals surface area (Å²) in [6.45, 7) is 6.32. The van der Waals surface area contributed by atoms with E-state index in [-0.39, 0.29) is 29.6 Å². The number of carbonyl (C=O) groups is 3. The summed E-state index contributed by atoms with van der Waals surface area (Å²) >= 11 is 0.